The van der Waals surface area contributed by atoms with Gasteiger partial charge in [-0.2, -0.15) is 0 Å². The molecule has 1 aliphatic carbocycles. The summed E-state index contributed by atoms with van der Waals surface area (Å²) in [4.78, 5) is 15.7. The predicted octanol–water partition coefficient (Wildman–Crippen LogP) is 5.25. The molecule has 0 aliphatic heterocycles. The van der Waals surface area contributed by atoms with E-state index >= 15 is 0 Å². The number of ether oxygens (including phenoxy) is 1. The fraction of sp³-hybridized carbons (Fsp3) is 0.480. The Kier molecular flexibility index (Phi) is 7.70. The third kappa shape index (κ3) is 5.39. The van der Waals surface area contributed by atoms with E-state index in [9.17, 15) is 4.79 Å². The zero-order valence-corrected chi connectivity index (χ0v) is 17.8. The van der Waals surface area contributed by atoms with Gasteiger partial charge in [0.2, 0.25) is 5.91 Å². The molecule has 156 valence electrons. The maximum Gasteiger partial charge on any atom is 0.235 e. The molecule has 3 rings (SSSR count). The molecule has 0 bridgehead atoms. The lowest BCUT2D eigenvalue weighted by atomic mass is 9.68. The lowest BCUT2D eigenvalue weighted by Gasteiger charge is -2.36. The third-order valence-corrected chi connectivity index (χ3v) is 6.15. The first-order valence-corrected chi connectivity index (χ1v) is 11.0. The van der Waals surface area contributed by atoms with Gasteiger partial charge in [-0.3, -0.25) is 4.79 Å². The molecule has 29 heavy (non-hydrogen) atoms. The number of carbonyl (C=O) groups excluding carboxylic acids is 1. The Hall–Kier alpha value is -2.33. The third-order valence-electron chi connectivity index (χ3n) is 6.15. The van der Waals surface area contributed by atoms with Crippen LogP contribution in [0.1, 0.15) is 51.5 Å². The summed E-state index contributed by atoms with van der Waals surface area (Å²) < 4.78 is 5.85. The van der Waals surface area contributed by atoms with Crippen molar-refractivity contribution in [1.82, 2.24) is 4.90 Å². The van der Waals surface area contributed by atoms with Crippen LogP contribution >= 0.6 is 0 Å². The molecular formula is C25H34N2O2. The smallest absolute Gasteiger partial charge is 0.235 e. The van der Waals surface area contributed by atoms with Crippen LogP contribution in [0.2, 0.25) is 0 Å². The predicted molar refractivity (Wildman–Crippen MR) is 120 cm³/mol. The van der Waals surface area contributed by atoms with Crippen LogP contribution in [0.4, 0.5) is 5.69 Å². The monoisotopic (exact) mass is 394 g/mol. The molecule has 1 saturated carbocycles. The van der Waals surface area contributed by atoms with Crippen LogP contribution in [0.15, 0.2) is 54.6 Å². The fourth-order valence-corrected chi connectivity index (χ4v) is 4.28. The molecule has 4 nitrogen and oxygen atoms in total. The van der Waals surface area contributed by atoms with Crippen LogP contribution in [0.3, 0.4) is 0 Å². The number of hydrogen-bond acceptors (Lipinski definition) is 3. The van der Waals surface area contributed by atoms with Crippen molar-refractivity contribution in [1.29, 1.82) is 0 Å². The normalized spacial score (nSPS) is 15.8. The first-order valence-electron chi connectivity index (χ1n) is 11.0. The van der Waals surface area contributed by atoms with Crippen LogP contribution in [0, 0.1) is 0 Å². The second-order valence-electron chi connectivity index (χ2n) is 7.86. The molecule has 1 aliphatic rings. The van der Waals surface area contributed by atoms with E-state index in [-0.39, 0.29) is 5.91 Å². The van der Waals surface area contributed by atoms with Gasteiger partial charge in [0, 0.05) is 12.2 Å². The molecule has 0 unspecified atom stereocenters. The van der Waals surface area contributed by atoms with Crippen LogP contribution < -0.4 is 10.1 Å². The largest absolute Gasteiger partial charge is 0.492 e. The number of likely N-dealkylation sites (N-methyl/N-ethyl adjacent to an activating group) is 1. The number of anilines is 1. The Morgan fingerprint density at radius 2 is 1.62 bits per heavy atom. The number of benzene rings is 2. The summed E-state index contributed by atoms with van der Waals surface area (Å²) in [6.07, 6.45) is 5.23. The molecule has 0 atom stereocenters. The quantitative estimate of drug-likeness (QED) is 0.632. The number of nitrogens with one attached hydrogen (secondary N) is 1. The van der Waals surface area contributed by atoms with E-state index in [2.05, 4.69) is 36.2 Å². The molecule has 0 radical (unpaired) electrons. The minimum absolute atomic E-state index is 0.110. The van der Waals surface area contributed by atoms with Gasteiger partial charge in [-0.05, 0) is 55.8 Å². The Bertz CT molecular complexity index is 748. The zero-order chi connectivity index (χ0) is 20.5. The van der Waals surface area contributed by atoms with E-state index in [1.165, 1.54) is 6.42 Å². The van der Waals surface area contributed by atoms with Gasteiger partial charge in [0.15, 0.2) is 0 Å². The van der Waals surface area contributed by atoms with Crippen molar-refractivity contribution in [3.05, 3.63) is 60.2 Å². The van der Waals surface area contributed by atoms with Gasteiger partial charge in [0.25, 0.3) is 0 Å². The molecular weight excluding hydrogens is 360 g/mol. The zero-order valence-electron chi connectivity index (χ0n) is 17.8. The van der Waals surface area contributed by atoms with Crippen molar-refractivity contribution in [2.75, 3.05) is 31.6 Å². The molecule has 2 aromatic rings. The molecule has 2 aromatic carbocycles. The lowest BCUT2D eigenvalue weighted by molar-refractivity contribution is -0.122. The van der Waals surface area contributed by atoms with Crippen LogP contribution in [-0.4, -0.2) is 37.0 Å². The number of carbonyl (C=O) groups is 1. The maximum absolute atomic E-state index is 13.3. The molecule has 4 heteroatoms. The fourth-order valence-electron chi connectivity index (χ4n) is 4.28. The number of rotatable bonds is 9. The SMILES string of the molecule is CCN(CC)CCOc1ccc(NC(=O)C2(c3ccccc3)CCCCC2)cc1. The average Bonchev–Trinajstić information content (AvgIpc) is 2.79. The van der Waals surface area contributed by atoms with Gasteiger partial charge in [-0.15, -0.1) is 0 Å². The number of nitrogens with zero attached hydrogens (tertiary/aromatic N) is 1. The minimum Gasteiger partial charge on any atom is -0.492 e. The molecule has 0 heterocycles. The van der Waals surface area contributed by atoms with E-state index in [1.807, 2.05) is 42.5 Å². The molecule has 0 saturated heterocycles. The van der Waals surface area contributed by atoms with Gasteiger partial charge in [0.05, 0.1) is 5.41 Å². The molecule has 0 spiro atoms. The van der Waals surface area contributed by atoms with Crippen molar-refractivity contribution >= 4 is 11.6 Å². The molecule has 1 N–H and O–H groups in total. The highest BCUT2D eigenvalue weighted by Crippen LogP contribution is 2.40. The van der Waals surface area contributed by atoms with Gasteiger partial charge in [0.1, 0.15) is 12.4 Å². The summed E-state index contributed by atoms with van der Waals surface area (Å²) in [6.45, 7) is 7.99. The highest BCUT2D eigenvalue weighted by molar-refractivity contribution is 5.99. The molecule has 1 fully saturated rings. The highest BCUT2D eigenvalue weighted by Gasteiger charge is 2.40. The van der Waals surface area contributed by atoms with Crippen molar-refractivity contribution in [2.24, 2.45) is 0 Å². The van der Waals surface area contributed by atoms with Gasteiger partial charge < -0.3 is 15.0 Å². The van der Waals surface area contributed by atoms with Crippen molar-refractivity contribution in [2.45, 2.75) is 51.4 Å². The second kappa shape index (κ2) is 10.4. The second-order valence-corrected chi connectivity index (χ2v) is 7.86. The van der Waals surface area contributed by atoms with Crippen LogP contribution in [-0.2, 0) is 10.2 Å². The van der Waals surface area contributed by atoms with Crippen molar-refractivity contribution in [3.8, 4) is 5.75 Å². The van der Waals surface area contributed by atoms with Gasteiger partial charge in [-0.25, -0.2) is 0 Å². The van der Waals surface area contributed by atoms with E-state index in [1.54, 1.807) is 0 Å². The minimum atomic E-state index is -0.418. The summed E-state index contributed by atoms with van der Waals surface area (Å²) in [5.74, 6) is 0.948. The average molecular weight is 395 g/mol. The first-order chi connectivity index (χ1) is 14.2. The molecule has 0 aromatic heterocycles. The first kappa shape index (κ1) is 21.4. The summed E-state index contributed by atoms with van der Waals surface area (Å²) in [7, 11) is 0. The van der Waals surface area contributed by atoms with Gasteiger partial charge in [-0.1, -0.05) is 63.4 Å². The Balaban J connectivity index is 1.63. The number of amides is 1. The summed E-state index contributed by atoms with van der Waals surface area (Å²) in [5.41, 5.74) is 1.54. The summed E-state index contributed by atoms with van der Waals surface area (Å²) in [5, 5.41) is 3.17. The Morgan fingerprint density at radius 1 is 0.966 bits per heavy atom. The Labute approximate surface area is 175 Å². The maximum atomic E-state index is 13.3. The van der Waals surface area contributed by atoms with E-state index < -0.39 is 5.41 Å². The standard InChI is InChI=1S/C25H34N2O2/c1-3-27(4-2)19-20-29-23-15-13-22(14-16-23)26-24(28)25(17-9-6-10-18-25)21-11-7-5-8-12-21/h5,7-8,11-16H,3-4,6,9-10,17-20H2,1-2H3,(H,26,28). The van der Waals surface area contributed by atoms with E-state index in [0.29, 0.717) is 6.61 Å². The number of hydrogen-bond donors (Lipinski definition) is 1. The summed E-state index contributed by atoms with van der Waals surface area (Å²) >= 11 is 0. The molecule has 1 amide bonds. The lowest BCUT2D eigenvalue weighted by Crippen LogP contribution is -2.42. The van der Waals surface area contributed by atoms with Crippen molar-refractivity contribution < 1.29 is 9.53 Å². The topological polar surface area (TPSA) is 41.6 Å². The van der Waals surface area contributed by atoms with Gasteiger partial charge >= 0.3 is 0 Å². The summed E-state index contributed by atoms with van der Waals surface area (Å²) in [6, 6.07) is 18.0. The van der Waals surface area contributed by atoms with Crippen molar-refractivity contribution in [3.63, 3.8) is 0 Å². The highest BCUT2D eigenvalue weighted by atomic mass is 16.5. The van der Waals surface area contributed by atoms with Crippen LogP contribution in [0.25, 0.3) is 0 Å². The van der Waals surface area contributed by atoms with Crippen LogP contribution in [0.5, 0.6) is 5.75 Å². The Morgan fingerprint density at radius 3 is 2.24 bits per heavy atom. The van der Waals surface area contributed by atoms with E-state index in [0.717, 1.165) is 62.3 Å². The van der Waals surface area contributed by atoms with E-state index in [4.69, 9.17) is 4.74 Å².